The van der Waals surface area contributed by atoms with Crippen LogP contribution in [0, 0.1) is 0 Å². The molecule has 0 saturated heterocycles. The van der Waals surface area contributed by atoms with Crippen LogP contribution in [0.2, 0.25) is 10.0 Å². The summed E-state index contributed by atoms with van der Waals surface area (Å²) in [6.45, 7) is 0.627. The molecule has 0 radical (unpaired) electrons. The number of pyridine rings is 1. The lowest BCUT2D eigenvalue weighted by molar-refractivity contribution is 0.966. The molecule has 0 amide bonds. The molecule has 2 nitrogen and oxygen atoms in total. The molecule has 2 rings (SSSR count). The van der Waals surface area contributed by atoms with Crippen LogP contribution in [0.5, 0.6) is 0 Å². The fraction of sp³-hybridized carbons (Fsp3) is 0.154. The third-order valence-corrected chi connectivity index (χ3v) is 4.02. The summed E-state index contributed by atoms with van der Waals surface area (Å²) in [6, 6.07) is 9.67. The van der Waals surface area contributed by atoms with Gasteiger partial charge < -0.3 is 5.73 Å². The molecular formula is C13H12Cl2N2S. The van der Waals surface area contributed by atoms with Gasteiger partial charge in [0.05, 0.1) is 10.0 Å². The molecule has 0 aliphatic heterocycles. The van der Waals surface area contributed by atoms with E-state index in [0.717, 1.165) is 26.9 Å². The zero-order valence-electron chi connectivity index (χ0n) is 9.57. The number of rotatable bonds is 4. The first-order valence-corrected chi connectivity index (χ1v) is 7.04. The molecule has 1 heterocycles. The van der Waals surface area contributed by atoms with E-state index in [1.165, 1.54) is 11.8 Å². The Hall–Kier alpha value is -0.740. The Morgan fingerprint density at radius 1 is 1.17 bits per heavy atom. The third-order valence-electron chi connectivity index (χ3n) is 2.34. The number of aromatic nitrogens is 1. The van der Waals surface area contributed by atoms with Crippen molar-refractivity contribution in [1.29, 1.82) is 0 Å². The quantitative estimate of drug-likeness (QED) is 0.926. The molecule has 5 heteroatoms. The minimum atomic E-state index is 0.627. The van der Waals surface area contributed by atoms with Crippen LogP contribution in [0.1, 0.15) is 5.56 Å². The van der Waals surface area contributed by atoms with E-state index >= 15 is 0 Å². The van der Waals surface area contributed by atoms with E-state index in [0.29, 0.717) is 11.6 Å². The number of benzene rings is 1. The van der Waals surface area contributed by atoms with Crippen molar-refractivity contribution in [2.24, 2.45) is 5.73 Å². The first kappa shape index (κ1) is 13.7. The van der Waals surface area contributed by atoms with Crippen LogP contribution in [0.4, 0.5) is 0 Å². The highest BCUT2D eigenvalue weighted by Gasteiger charge is 2.05. The molecule has 94 valence electrons. The van der Waals surface area contributed by atoms with Gasteiger partial charge >= 0.3 is 0 Å². The summed E-state index contributed by atoms with van der Waals surface area (Å²) in [7, 11) is 0. The number of halogens is 2. The van der Waals surface area contributed by atoms with E-state index < -0.39 is 0 Å². The van der Waals surface area contributed by atoms with Crippen LogP contribution in [-0.4, -0.2) is 11.5 Å². The minimum Gasteiger partial charge on any atom is -0.330 e. The van der Waals surface area contributed by atoms with Gasteiger partial charge in [-0.15, -0.1) is 0 Å². The summed E-state index contributed by atoms with van der Waals surface area (Å²) in [5.74, 6) is 0. The van der Waals surface area contributed by atoms with E-state index in [9.17, 15) is 0 Å². The van der Waals surface area contributed by atoms with Gasteiger partial charge in [0.15, 0.2) is 0 Å². The fourth-order valence-electron chi connectivity index (χ4n) is 1.48. The molecule has 2 aromatic rings. The summed E-state index contributed by atoms with van der Waals surface area (Å²) in [4.78, 5) is 5.20. The molecule has 2 N–H and O–H groups in total. The average Bonchev–Trinajstić information content (AvgIpc) is 2.36. The van der Waals surface area contributed by atoms with Crippen molar-refractivity contribution in [2.75, 3.05) is 6.54 Å². The van der Waals surface area contributed by atoms with Gasteiger partial charge in [0.1, 0.15) is 5.03 Å². The number of hydrogen-bond donors (Lipinski definition) is 1. The molecule has 0 aliphatic carbocycles. The number of hydrogen-bond acceptors (Lipinski definition) is 3. The Kier molecular flexibility index (Phi) is 4.89. The second kappa shape index (κ2) is 6.43. The molecular weight excluding hydrogens is 287 g/mol. The molecule has 0 bridgehead atoms. The van der Waals surface area contributed by atoms with Gasteiger partial charge in [-0.1, -0.05) is 41.0 Å². The van der Waals surface area contributed by atoms with Gasteiger partial charge in [-0.2, -0.15) is 0 Å². The maximum atomic E-state index is 6.23. The Morgan fingerprint density at radius 2 is 2.00 bits per heavy atom. The summed E-state index contributed by atoms with van der Waals surface area (Å²) in [6.07, 6.45) is 2.46. The Morgan fingerprint density at radius 3 is 2.61 bits per heavy atom. The predicted octanol–water partition coefficient (Wildman–Crippen LogP) is 4.04. The molecule has 0 spiro atoms. The normalized spacial score (nSPS) is 10.6. The summed E-state index contributed by atoms with van der Waals surface area (Å²) in [5.41, 5.74) is 6.66. The second-order valence-electron chi connectivity index (χ2n) is 3.72. The van der Waals surface area contributed by atoms with Crippen LogP contribution < -0.4 is 5.73 Å². The smallest absolute Gasteiger partial charge is 0.101 e. The molecule has 18 heavy (non-hydrogen) atoms. The lowest BCUT2D eigenvalue weighted by Gasteiger charge is -2.06. The maximum Gasteiger partial charge on any atom is 0.101 e. The zero-order chi connectivity index (χ0) is 13.0. The van der Waals surface area contributed by atoms with Crippen LogP contribution in [0.3, 0.4) is 0 Å². The Bertz CT molecular complexity index is 529. The van der Waals surface area contributed by atoms with Crippen molar-refractivity contribution in [1.82, 2.24) is 4.98 Å². The lowest BCUT2D eigenvalue weighted by Crippen LogP contribution is -2.02. The Balaban J connectivity index is 2.16. The fourth-order valence-corrected chi connectivity index (χ4v) is 2.67. The molecule has 1 aromatic carbocycles. The molecule has 1 aromatic heterocycles. The largest absolute Gasteiger partial charge is 0.330 e. The maximum absolute atomic E-state index is 6.23. The van der Waals surface area contributed by atoms with Gasteiger partial charge in [-0.05, 0) is 42.8 Å². The van der Waals surface area contributed by atoms with E-state index in [-0.39, 0.29) is 0 Å². The first-order chi connectivity index (χ1) is 8.69. The minimum absolute atomic E-state index is 0.627. The predicted molar refractivity (Wildman–Crippen MR) is 77.6 cm³/mol. The second-order valence-corrected chi connectivity index (χ2v) is 5.63. The first-order valence-electron chi connectivity index (χ1n) is 5.47. The van der Waals surface area contributed by atoms with Crippen molar-refractivity contribution in [3.63, 3.8) is 0 Å². The standard InChI is InChI=1S/C13H12Cl2N2S/c14-10-2-4-13(17-8-10)18-12-3-1-9(5-6-16)7-11(12)15/h1-4,7-8H,5-6,16H2. The highest BCUT2D eigenvalue weighted by atomic mass is 35.5. The van der Waals surface area contributed by atoms with Crippen LogP contribution in [0.15, 0.2) is 46.5 Å². The van der Waals surface area contributed by atoms with E-state index in [1.807, 2.05) is 30.3 Å². The van der Waals surface area contributed by atoms with E-state index in [2.05, 4.69) is 4.98 Å². The third kappa shape index (κ3) is 3.62. The van der Waals surface area contributed by atoms with Crippen molar-refractivity contribution < 1.29 is 0 Å². The van der Waals surface area contributed by atoms with E-state index in [4.69, 9.17) is 28.9 Å². The van der Waals surface area contributed by atoms with Gasteiger partial charge in [0.25, 0.3) is 0 Å². The van der Waals surface area contributed by atoms with Crippen LogP contribution >= 0.6 is 35.0 Å². The molecule has 0 saturated carbocycles. The van der Waals surface area contributed by atoms with Crippen LogP contribution in [0.25, 0.3) is 0 Å². The SMILES string of the molecule is NCCc1ccc(Sc2ccc(Cl)cn2)c(Cl)c1. The zero-order valence-corrected chi connectivity index (χ0v) is 11.9. The van der Waals surface area contributed by atoms with E-state index in [1.54, 1.807) is 6.20 Å². The number of nitrogens with zero attached hydrogens (tertiary/aromatic N) is 1. The average molecular weight is 299 g/mol. The van der Waals surface area contributed by atoms with Gasteiger partial charge in [0, 0.05) is 11.1 Å². The summed E-state index contributed by atoms with van der Waals surface area (Å²) in [5, 5.41) is 2.22. The van der Waals surface area contributed by atoms with Crippen molar-refractivity contribution in [2.45, 2.75) is 16.3 Å². The molecule has 0 unspecified atom stereocenters. The summed E-state index contributed by atoms with van der Waals surface area (Å²) < 4.78 is 0. The lowest BCUT2D eigenvalue weighted by atomic mass is 10.1. The van der Waals surface area contributed by atoms with Crippen molar-refractivity contribution in [3.8, 4) is 0 Å². The van der Waals surface area contributed by atoms with Gasteiger partial charge in [-0.25, -0.2) is 4.98 Å². The van der Waals surface area contributed by atoms with Gasteiger partial charge in [0.2, 0.25) is 0 Å². The van der Waals surface area contributed by atoms with Crippen molar-refractivity contribution >= 4 is 35.0 Å². The monoisotopic (exact) mass is 298 g/mol. The van der Waals surface area contributed by atoms with Crippen molar-refractivity contribution in [3.05, 3.63) is 52.1 Å². The molecule has 0 atom stereocenters. The topological polar surface area (TPSA) is 38.9 Å². The molecule has 0 fully saturated rings. The van der Waals surface area contributed by atoms with Gasteiger partial charge in [-0.3, -0.25) is 0 Å². The summed E-state index contributed by atoms with van der Waals surface area (Å²) >= 11 is 13.5. The highest BCUT2D eigenvalue weighted by Crippen LogP contribution is 2.33. The molecule has 0 aliphatic rings. The Labute approximate surface area is 121 Å². The van der Waals surface area contributed by atoms with Crippen LogP contribution in [-0.2, 0) is 6.42 Å². The number of nitrogens with two attached hydrogens (primary N) is 1. The highest BCUT2D eigenvalue weighted by molar-refractivity contribution is 7.99.